The summed E-state index contributed by atoms with van der Waals surface area (Å²) in [6, 6.07) is 5.81. The third-order valence-electron chi connectivity index (χ3n) is 4.64. The average molecular weight is 425 g/mol. The summed E-state index contributed by atoms with van der Waals surface area (Å²) in [6.45, 7) is 2.21. The molecule has 0 radical (unpaired) electrons. The molecule has 0 unspecified atom stereocenters. The van der Waals surface area contributed by atoms with Gasteiger partial charge in [-0.25, -0.2) is 14.8 Å². The number of carboxylic acid groups (broad SMARTS) is 1. The lowest BCUT2D eigenvalue weighted by atomic mass is 10.1. The van der Waals surface area contributed by atoms with Gasteiger partial charge in [0.05, 0.1) is 18.4 Å². The number of benzene rings is 1. The van der Waals surface area contributed by atoms with Crippen molar-refractivity contribution in [2.45, 2.75) is 32.4 Å². The monoisotopic (exact) mass is 425 g/mol. The van der Waals surface area contributed by atoms with Crippen LogP contribution < -0.4 is 21.5 Å². The number of carboxylic acids is 1. The standard InChI is InChI=1S/C20H23N7O4/c1-3-4-14(19(30)31)24-17(28)11-5-7-13(8-6-11)27(2)10-12-9-22-16-15(23-12)18(29)26-20(21)25-16/h5-9,14H,3-4,10H2,1-2H3,(H,24,28)(H,30,31)(H3,21,22,25,26,29)/t14-/m0/s1. The zero-order chi connectivity index (χ0) is 22.5. The Morgan fingerprint density at radius 2 is 1.97 bits per heavy atom. The molecule has 1 amide bonds. The molecule has 0 saturated heterocycles. The van der Waals surface area contributed by atoms with Gasteiger partial charge in [0.15, 0.2) is 11.2 Å². The molecule has 2 heterocycles. The number of nitrogens with one attached hydrogen (secondary N) is 2. The molecule has 2 aromatic heterocycles. The highest BCUT2D eigenvalue weighted by Crippen LogP contribution is 2.16. The van der Waals surface area contributed by atoms with Crippen LogP contribution in [-0.4, -0.2) is 50.0 Å². The fraction of sp³-hybridized carbons (Fsp3) is 0.300. The van der Waals surface area contributed by atoms with E-state index in [1.807, 2.05) is 18.9 Å². The van der Waals surface area contributed by atoms with Crippen molar-refractivity contribution in [1.29, 1.82) is 0 Å². The number of aromatic nitrogens is 4. The van der Waals surface area contributed by atoms with E-state index in [1.165, 1.54) is 6.20 Å². The third kappa shape index (κ3) is 5.13. The maximum atomic E-state index is 12.3. The first-order valence-corrected chi connectivity index (χ1v) is 9.64. The Morgan fingerprint density at radius 3 is 2.61 bits per heavy atom. The molecular weight excluding hydrogens is 402 g/mol. The molecule has 0 bridgehead atoms. The van der Waals surface area contributed by atoms with Crippen LogP contribution in [0, 0.1) is 0 Å². The number of nitrogens with two attached hydrogens (primary N) is 1. The molecule has 0 saturated carbocycles. The maximum Gasteiger partial charge on any atom is 0.326 e. The Kier molecular flexibility index (Phi) is 6.43. The molecular formula is C20H23N7O4. The average Bonchev–Trinajstić information content (AvgIpc) is 2.73. The summed E-state index contributed by atoms with van der Waals surface area (Å²) in [7, 11) is 1.83. The van der Waals surface area contributed by atoms with Crippen LogP contribution >= 0.6 is 0 Å². The summed E-state index contributed by atoms with van der Waals surface area (Å²) in [5.41, 5.74) is 7.04. The number of carbonyl (C=O) groups is 2. The molecule has 31 heavy (non-hydrogen) atoms. The highest BCUT2D eigenvalue weighted by molar-refractivity contribution is 5.96. The van der Waals surface area contributed by atoms with E-state index in [0.29, 0.717) is 30.6 Å². The number of hydrogen-bond acceptors (Lipinski definition) is 8. The van der Waals surface area contributed by atoms with Gasteiger partial charge < -0.3 is 21.1 Å². The lowest BCUT2D eigenvalue weighted by Crippen LogP contribution is -2.40. The molecule has 3 rings (SSSR count). The van der Waals surface area contributed by atoms with E-state index >= 15 is 0 Å². The van der Waals surface area contributed by atoms with Gasteiger partial charge in [0, 0.05) is 18.3 Å². The molecule has 162 valence electrons. The Hall–Kier alpha value is -4.02. The van der Waals surface area contributed by atoms with Crippen molar-refractivity contribution in [1.82, 2.24) is 25.3 Å². The number of fused-ring (bicyclic) bond motifs is 1. The number of nitrogens with zero attached hydrogens (tertiary/aromatic N) is 4. The van der Waals surface area contributed by atoms with Gasteiger partial charge in [-0.2, -0.15) is 4.98 Å². The van der Waals surface area contributed by atoms with E-state index in [4.69, 9.17) is 5.73 Å². The number of rotatable bonds is 8. The largest absolute Gasteiger partial charge is 0.480 e. The summed E-state index contributed by atoms with van der Waals surface area (Å²) in [5.74, 6) is -1.52. The summed E-state index contributed by atoms with van der Waals surface area (Å²) >= 11 is 0. The van der Waals surface area contributed by atoms with E-state index in [0.717, 1.165) is 5.69 Å². The molecule has 0 fully saturated rings. The van der Waals surface area contributed by atoms with Crippen molar-refractivity contribution in [3.63, 3.8) is 0 Å². The van der Waals surface area contributed by atoms with Crippen LogP contribution in [0.2, 0.25) is 0 Å². The van der Waals surface area contributed by atoms with Gasteiger partial charge in [-0.05, 0) is 30.7 Å². The van der Waals surface area contributed by atoms with Crippen LogP contribution in [0.1, 0.15) is 35.8 Å². The van der Waals surface area contributed by atoms with Crippen molar-refractivity contribution >= 4 is 34.7 Å². The van der Waals surface area contributed by atoms with Crippen molar-refractivity contribution in [2.75, 3.05) is 17.7 Å². The fourth-order valence-corrected chi connectivity index (χ4v) is 3.04. The number of aromatic amines is 1. The van der Waals surface area contributed by atoms with E-state index in [1.54, 1.807) is 24.3 Å². The van der Waals surface area contributed by atoms with Crippen molar-refractivity contribution < 1.29 is 14.7 Å². The van der Waals surface area contributed by atoms with Crippen LogP contribution in [-0.2, 0) is 11.3 Å². The predicted octanol–water partition coefficient (Wildman–Crippen LogP) is 0.915. The molecule has 0 aliphatic rings. The lowest BCUT2D eigenvalue weighted by Gasteiger charge is -2.19. The zero-order valence-corrected chi connectivity index (χ0v) is 17.1. The van der Waals surface area contributed by atoms with E-state index in [-0.39, 0.29) is 17.1 Å². The number of H-pyrrole nitrogens is 1. The third-order valence-corrected chi connectivity index (χ3v) is 4.64. The molecule has 0 aliphatic heterocycles. The minimum Gasteiger partial charge on any atom is -0.480 e. The normalized spacial score (nSPS) is 11.8. The molecule has 1 aromatic carbocycles. The van der Waals surface area contributed by atoms with Gasteiger partial charge in [0.2, 0.25) is 5.95 Å². The van der Waals surface area contributed by atoms with Crippen LogP contribution in [0.4, 0.5) is 11.6 Å². The molecule has 0 aliphatic carbocycles. The number of hydrogen-bond donors (Lipinski definition) is 4. The molecule has 3 aromatic rings. The van der Waals surface area contributed by atoms with E-state index < -0.39 is 23.5 Å². The van der Waals surface area contributed by atoms with Gasteiger partial charge in [-0.3, -0.25) is 14.6 Å². The predicted molar refractivity (Wildman–Crippen MR) is 115 cm³/mol. The Labute approximate surface area is 177 Å². The van der Waals surface area contributed by atoms with Crippen LogP contribution in [0.25, 0.3) is 11.2 Å². The summed E-state index contributed by atoms with van der Waals surface area (Å²) in [6.07, 6.45) is 2.53. The van der Waals surface area contributed by atoms with Gasteiger partial charge in [0.25, 0.3) is 11.5 Å². The van der Waals surface area contributed by atoms with Crippen LogP contribution in [0.3, 0.4) is 0 Å². The van der Waals surface area contributed by atoms with E-state index in [9.17, 15) is 19.5 Å². The first-order valence-electron chi connectivity index (χ1n) is 9.64. The lowest BCUT2D eigenvalue weighted by molar-refractivity contribution is -0.139. The molecule has 11 heteroatoms. The molecule has 5 N–H and O–H groups in total. The van der Waals surface area contributed by atoms with Gasteiger partial charge in [-0.1, -0.05) is 13.3 Å². The van der Waals surface area contributed by atoms with Crippen LogP contribution in [0.15, 0.2) is 35.3 Å². The highest BCUT2D eigenvalue weighted by Gasteiger charge is 2.19. The number of nitrogen functional groups attached to an aromatic ring is 1. The number of amides is 1. The second-order valence-electron chi connectivity index (χ2n) is 7.04. The summed E-state index contributed by atoms with van der Waals surface area (Å²) in [5, 5.41) is 11.7. The highest BCUT2D eigenvalue weighted by atomic mass is 16.4. The van der Waals surface area contributed by atoms with Gasteiger partial charge in [0.1, 0.15) is 6.04 Å². The Bertz CT molecular complexity index is 1160. The number of carbonyl (C=O) groups excluding carboxylic acids is 1. The zero-order valence-electron chi connectivity index (χ0n) is 17.1. The SMILES string of the molecule is CCC[C@H](NC(=O)c1ccc(N(C)Cc2cnc3nc(N)[nH]c(=O)c3n2)cc1)C(=O)O. The quantitative estimate of drug-likeness (QED) is 0.410. The van der Waals surface area contributed by atoms with E-state index in [2.05, 4.69) is 25.3 Å². The summed E-state index contributed by atoms with van der Waals surface area (Å²) < 4.78 is 0. The fourth-order valence-electron chi connectivity index (χ4n) is 3.04. The van der Waals surface area contributed by atoms with Crippen LogP contribution in [0.5, 0.6) is 0 Å². The van der Waals surface area contributed by atoms with Gasteiger partial charge >= 0.3 is 5.97 Å². The number of anilines is 2. The minimum atomic E-state index is -1.06. The van der Waals surface area contributed by atoms with Crippen molar-refractivity contribution in [2.24, 2.45) is 0 Å². The molecule has 11 nitrogen and oxygen atoms in total. The van der Waals surface area contributed by atoms with Crippen molar-refractivity contribution in [3.05, 3.63) is 52.1 Å². The Morgan fingerprint density at radius 1 is 1.26 bits per heavy atom. The van der Waals surface area contributed by atoms with Gasteiger partial charge in [-0.15, -0.1) is 0 Å². The first-order chi connectivity index (χ1) is 14.8. The van der Waals surface area contributed by atoms with Crippen molar-refractivity contribution in [3.8, 4) is 0 Å². The topological polar surface area (TPSA) is 167 Å². The maximum absolute atomic E-state index is 12.3. The minimum absolute atomic E-state index is 0.0230. The number of aliphatic carboxylic acids is 1. The first kappa shape index (κ1) is 21.7. The second kappa shape index (κ2) is 9.20. The summed E-state index contributed by atoms with van der Waals surface area (Å²) in [4.78, 5) is 52.2. The molecule has 1 atom stereocenters. The Balaban J connectivity index is 1.71. The second-order valence-corrected chi connectivity index (χ2v) is 7.04. The smallest absolute Gasteiger partial charge is 0.326 e. The molecule has 0 spiro atoms.